The van der Waals surface area contributed by atoms with Crippen LogP contribution in [0.5, 0.6) is 0 Å². The Balaban J connectivity index is 1.66. The SMILES string of the molecule is CN(CC(O)CN1CCOCC1)C(=O)CC1CCCC1. The minimum absolute atomic E-state index is 0.179. The first-order valence-electron chi connectivity index (χ1n) is 7.87. The second-order valence-corrected chi connectivity index (χ2v) is 6.20. The van der Waals surface area contributed by atoms with Gasteiger partial charge in [0.15, 0.2) is 0 Å². The number of ether oxygens (including phenoxy) is 1. The summed E-state index contributed by atoms with van der Waals surface area (Å²) in [5.74, 6) is 0.749. The zero-order chi connectivity index (χ0) is 14.4. The maximum absolute atomic E-state index is 12.1. The van der Waals surface area contributed by atoms with Crippen molar-refractivity contribution in [3.8, 4) is 0 Å². The van der Waals surface area contributed by atoms with Crippen LogP contribution in [-0.2, 0) is 9.53 Å². The molecule has 0 radical (unpaired) electrons. The third-order valence-corrected chi connectivity index (χ3v) is 4.42. The van der Waals surface area contributed by atoms with Gasteiger partial charge in [0.2, 0.25) is 5.91 Å². The predicted molar refractivity (Wildman–Crippen MR) is 77.5 cm³/mol. The minimum Gasteiger partial charge on any atom is -0.390 e. The van der Waals surface area contributed by atoms with Crippen LogP contribution in [0.15, 0.2) is 0 Å². The molecule has 5 nitrogen and oxygen atoms in total. The Hall–Kier alpha value is -0.650. The van der Waals surface area contributed by atoms with Crippen molar-refractivity contribution in [1.82, 2.24) is 9.80 Å². The van der Waals surface area contributed by atoms with E-state index in [0.29, 0.717) is 25.4 Å². The molecular formula is C15H28N2O3. The van der Waals surface area contributed by atoms with E-state index >= 15 is 0 Å². The van der Waals surface area contributed by atoms with Crippen molar-refractivity contribution < 1.29 is 14.6 Å². The molecule has 1 aliphatic heterocycles. The van der Waals surface area contributed by atoms with E-state index in [9.17, 15) is 9.90 Å². The summed E-state index contributed by atoms with van der Waals surface area (Å²) in [5, 5.41) is 10.1. The molecule has 0 aromatic heterocycles. The fourth-order valence-corrected chi connectivity index (χ4v) is 3.17. The molecule has 0 bridgehead atoms. The van der Waals surface area contributed by atoms with Crippen LogP contribution in [0.1, 0.15) is 32.1 Å². The van der Waals surface area contributed by atoms with Crippen molar-refractivity contribution in [2.24, 2.45) is 5.92 Å². The molecule has 1 unspecified atom stereocenters. The Morgan fingerprint density at radius 1 is 1.35 bits per heavy atom. The molecule has 5 heteroatoms. The number of amides is 1. The Labute approximate surface area is 121 Å². The zero-order valence-electron chi connectivity index (χ0n) is 12.6. The third-order valence-electron chi connectivity index (χ3n) is 4.42. The van der Waals surface area contributed by atoms with E-state index in [1.54, 1.807) is 11.9 Å². The summed E-state index contributed by atoms with van der Waals surface area (Å²) in [5.41, 5.74) is 0. The van der Waals surface area contributed by atoms with E-state index in [1.807, 2.05) is 0 Å². The van der Waals surface area contributed by atoms with Crippen molar-refractivity contribution in [2.75, 3.05) is 46.4 Å². The quantitative estimate of drug-likeness (QED) is 0.781. The highest BCUT2D eigenvalue weighted by atomic mass is 16.5. The summed E-state index contributed by atoms with van der Waals surface area (Å²) in [6, 6.07) is 0. The van der Waals surface area contributed by atoms with E-state index in [-0.39, 0.29) is 5.91 Å². The van der Waals surface area contributed by atoms with E-state index in [0.717, 1.165) is 26.3 Å². The van der Waals surface area contributed by atoms with Crippen LogP contribution in [0.4, 0.5) is 0 Å². The lowest BCUT2D eigenvalue weighted by molar-refractivity contribution is -0.132. The topological polar surface area (TPSA) is 53.0 Å². The van der Waals surface area contributed by atoms with Gasteiger partial charge in [-0.2, -0.15) is 0 Å². The molecule has 0 aromatic carbocycles. The summed E-state index contributed by atoms with van der Waals surface area (Å²) in [4.78, 5) is 16.0. The number of likely N-dealkylation sites (N-methyl/N-ethyl adjacent to an activating group) is 1. The average molecular weight is 284 g/mol. The fourth-order valence-electron chi connectivity index (χ4n) is 3.17. The number of hydrogen-bond acceptors (Lipinski definition) is 4. The first-order valence-corrected chi connectivity index (χ1v) is 7.87. The maximum Gasteiger partial charge on any atom is 0.222 e. The van der Waals surface area contributed by atoms with Crippen LogP contribution in [0.2, 0.25) is 0 Å². The van der Waals surface area contributed by atoms with Crippen LogP contribution in [0, 0.1) is 5.92 Å². The molecule has 20 heavy (non-hydrogen) atoms. The van der Waals surface area contributed by atoms with Gasteiger partial charge in [0, 0.05) is 39.6 Å². The van der Waals surface area contributed by atoms with Crippen LogP contribution in [-0.4, -0.2) is 73.4 Å². The highest BCUT2D eigenvalue weighted by Crippen LogP contribution is 2.27. The van der Waals surface area contributed by atoms with Crippen LogP contribution < -0.4 is 0 Å². The van der Waals surface area contributed by atoms with E-state index < -0.39 is 6.10 Å². The number of β-amino-alcohol motifs (C(OH)–C–C–N with tert-alkyl or cyclic N) is 1. The Morgan fingerprint density at radius 2 is 2.00 bits per heavy atom. The van der Waals surface area contributed by atoms with Crippen molar-refractivity contribution in [3.63, 3.8) is 0 Å². The minimum atomic E-state index is -0.467. The zero-order valence-corrected chi connectivity index (χ0v) is 12.6. The molecule has 1 saturated carbocycles. The Bertz CT molecular complexity index is 299. The van der Waals surface area contributed by atoms with Gasteiger partial charge in [0.25, 0.3) is 0 Å². The summed E-state index contributed by atoms with van der Waals surface area (Å²) in [6.45, 7) is 4.28. The summed E-state index contributed by atoms with van der Waals surface area (Å²) in [7, 11) is 1.81. The van der Waals surface area contributed by atoms with Gasteiger partial charge in [-0.1, -0.05) is 12.8 Å². The van der Waals surface area contributed by atoms with E-state index in [1.165, 1.54) is 25.7 Å². The molecule has 2 rings (SSSR count). The van der Waals surface area contributed by atoms with Crippen LogP contribution >= 0.6 is 0 Å². The van der Waals surface area contributed by atoms with Crippen molar-refractivity contribution in [3.05, 3.63) is 0 Å². The van der Waals surface area contributed by atoms with Gasteiger partial charge >= 0.3 is 0 Å². The van der Waals surface area contributed by atoms with Crippen LogP contribution in [0.3, 0.4) is 0 Å². The number of rotatable bonds is 6. The molecular weight excluding hydrogens is 256 g/mol. The summed E-state index contributed by atoms with van der Waals surface area (Å²) >= 11 is 0. The number of aliphatic hydroxyl groups is 1. The first-order chi connectivity index (χ1) is 9.65. The van der Waals surface area contributed by atoms with Crippen molar-refractivity contribution in [2.45, 2.75) is 38.2 Å². The maximum atomic E-state index is 12.1. The van der Waals surface area contributed by atoms with Gasteiger partial charge in [-0.15, -0.1) is 0 Å². The number of aliphatic hydroxyl groups excluding tert-OH is 1. The predicted octanol–water partition coefficient (Wildman–Crippen LogP) is 0.718. The van der Waals surface area contributed by atoms with Gasteiger partial charge in [-0.3, -0.25) is 9.69 Å². The molecule has 0 spiro atoms. The number of carbonyl (C=O) groups is 1. The van der Waals surface area contributed by atoms with Gasteiger partial charge < -0.3 is 14.7 Å². The molecule has 2 aliphatic rings. The Kier molecular flexibility index (Phi) is 6.26. The molecule has 0 aromatic rings. The number of morpholine rings is 1. The molecule has 1 aliphatic carbocycles. The second-order valence-electron chi connectivity index (χ2n) is 6.20. The third kappa shape index (κ3) is 5.04. The standard InChI is InChI=1S/C15H28N2O3/c1-16(15(19)10-13-4-2-3-5-13)11-14(18)12-17-6-8-20-9-7-17/h13-14,18H,2-12H2,1H3. The number of nitrogens with zero attached hydrogens (tertiary/aromatic N) is 2. The van der Waals surface area contributed by atoms with Gasteiger partial charge in [0.05, 0.1) is 19.3 Å². The summed E-state index contributed by atoms with van der Waals surface area (Å²) < 4.78 is 5.29. The van der Waals surface area contributed by atoms with E-state index in [4.69, 9.17) is 4.74 Å². The Morgan fingerprint density at radius 3 is 2.65 bits per heavy atom. The monoisotopic (exact) mass is 284 g/mol. The second kappa shape index (κ2) is 7.96. The van der Waals surface area contributed by atoms with Gasteiger partial charge in [0.1, 0.15) is 0 Å². The molecule has 116 valence electrons. The van der Waals surface area contributed by atoms with Gasteiger partial charge in [-0.05, 0) is 18.8 Å². The molecule has 1 N–H and O–H groups in total. The normalized spacial score (nSPS) is 22.9. The highest BCUT2D eigenvalue weighted by Gasteiger charge is 2.22. The summed E-state index contributed by atoms with van der Waals surface area (Å²) in [6.07, 6.45) is 5.10. The highest BCUT2D eigenvalue weighted by molar-refractivity contribution is 5.76. The van der Waals surface area contributed by atoms with E-state index in [2.05, 4.69) is 4.90 Å². The smallest absolute Gasteiger partial charge is 0.222 e. The number of carbonyl (C=O) groups excluding carboxylic acids is 1. The largest absolute Gasteiger partial charge is 0.390 e. The van der Waals surface area contributed by atoms with Crippen LogP contribution in [0.25, 0.3) is 0 Å². The lowest BCUT2D eigenvalue weighted by Crippen LogP contribution is -2.45. The molecule has 1 atom stereocenters. The lowest BCUT2D eigenvalue weighted by Gasteiger charge is -2.30. The van der Waals surface area contributed by atoms with Crippen molar-refractivity contribution >= 4 is 5.91 Å². The molecule has 1 saturated heterocycles. The fraction of sp³-hybridized carbons (Fsp3) is 0.933. The molecule has 2 fully saturated rings. The average Bonchev–Trinajstić information content (AvgIpc) is 2.92. The molecule has 1 amide bonds. The van der Waals surface area contributed by atoms with Crippen molar-refractivity contribution in [1.29, 1.82) is 0 Å². The number of hydrogen-bond donors (Lipinski definition) is 1. The first kappa shape index (κ1) is 15.7. The lowest BCUT2D eigenvalue weighted by atomic mass is 10.0. The van der Waals surface area contributed by atoms with Gasteiger partial charge in [-0.25, -0.2) is 0 Å². The molecule has 1 heterocycles.